The van der Waals surface area contributed by atoms with Crippen LogP contribution in [-0.2, 0) is 4.74 Å². The summed E-state index contributed by atoms with van der Waals surface area (Å²) in [4.78, 5) is 4.21. The third kappa shape index (κ3) is 2.98. The van der Waals surface area contributed by atoms with E-state index in [1.165, 1.54) is 37.7 Å². The summed E-state index contributed by atoms with van der Waals surface area (Å²) in [6.45, 7) is 3.14. The Kier molecular flexibility index (Phi) is 3.85. The smallest absolute Gasteiger partial charge is 0.0697 e. The van der Waals surface area contributed by atoms with Gasteiger partial charge in [-0.05, 0) is 44.2 Å². The molecule has 104 valence electrons. The number of rotatable bonds is 3. The maximum absolute atomic E-state index is 6.09. The van der Waals surface area contributed by atoms with Gasteiger partial charge >= 0.3 is 0 Å². The molecule has 1 saturated heterocycles. The highest BCUT2D eigenvalue weighted by molar-refractivity contribution is 5.13. The first-order valence-electron chi connectivity index (χ1n) is 7.57. The predicted molar refractivity (Wildman–Crippen MR) is 76.0 cm³/mol. The molecule has 0 amide bonds. The van der Waals surface area contributed by atoms with Crippen molar-refractivity contribution in [3.63, 3.8) is 0 Å². The summed E-state index contributed by atoms with van der Waals surface area (Å²) in [6.07, 6.45) is 11.3. The molecule has 1 saturated carbocycles. The first-order valence-corrected chi connectivity index (χ1v) is 7.57. The second-order valence-electron chi connectivity index (χ2n) is 6.10. The zero-order chi connectivity index (χ0) is 13.1. The van der Waals surface area contributed by atoms with Gasteiger partial charge < -0.3 is 10.1 Å². The van der Waals surface area contributed by atoms with Crippen molar-refractivity contribution in [3.05, 3.63) is 30.1 Å². The average Bonchev–Trinajstić information content (AvgIpc) is 2.88. The van der Waals surface area contributed by atoms with Crippen LogP contribution in [0, 0.1) is 0 Å². The van der Waals surface area contributed by atoms with Crippen LogP contribution < -0.4 is 5.32 Å². The van der Waals surface area contributed by atoms with Crippen molar-refractivity contribution in [1.82, 2.24) is 10.3 Å². The molecule has 2 fully saturated rings. The monoisotopic (exact) mass is 260 g/mol. The fourth-order valence-electron chi connectivity index (χ4n) is 3.62. The molecule has 1 aliphatic heterocycles. The van der Waals surface area contributed by atoms with Crippen LogP contribution in [0.25, 0.3) is 0 Å². The second kappa shape index (κ2) is 5.59. The molecule has 3 rings (SSSR count). The number of pyridine rings is 1. The Morgan fingerprint density at radius 2 is 2.26 bits per heavy atom. The van der Waals surface area contributed by atoms with Gasteiger partial charge in [0.15, 0.2) is 0 Å². The summed E-state index contributed by atoms with van der Waals surface area (Å²) < 4.78 is 6.09. The van der Waals surface area contributed by atoms with Crippen LogP contribution >= 0.6 is 0 Å². The van der Waals surface area contributed by atoms with Crippen LogP contribution in [0.4, 0.5) is 0 Å². The van der Waals surface area contributed by atoms with Crippen LogP contribution in [0.2, 0.25) is 0 Å². The lowest BCUT2D eigenvalue weighted by atomic mass is 9.88. The van der Waals surface area contributed by atoms with Gasteiger partial charge in [0.1, 0.15) is 0 Å². The molecule has 2 atom stereocenters. The minimum Gasteiger partial charge on any atom is -0.375 e. The van der Waals surface area contributed by atoms with Crippen molar-refractivity contribution in [3.8, 4) is 0 Å². The lowest BCUT2D eigenvalue weighted by molar-refractivity contribution is -0.0846. The van der Waals surface area contributed by atoms with E-state index in [-0.39, 0.29) is 5.60 Å². The number of ether oxygens (including phenoxy) is 1. The summed E-state index contributed by atoms with van der Waals surface area (Å²) in [5.41, 5.74) is 1.47. The molecule has 3 nitrogen and oxygen atoms in total. The summed E-state index contributed by atoms with van der Waals surface area (Å²) in [6, 6.07) is 5.11. The Labute approximate surface area is 115 Å². The predicted octanol–water partition coefficient (Wildman–Crippen LogP) is 3.22. The molecular formula is C16H24N2O. The van der Waals surface area contributed by atoms with Crippen LogP contribution in [0.1, 0.15) is 57.1 Å². The molecule has 3 heteroatoms. The van der Waals surface area contributed by atoms with Crippen LogP contribution in [0.3, 0.4) is 0 Å². The molecule has 1 aliphatic carbocycles. The van der Waals surface area contributed by atoms with Gasteiger partial charge in [0.05, 0.1) is 5.60 Å². The van der Waals surface area contributed by atoms with E-state index in [1.54, 1.807) is 0 Å². The standard InChI is InChI=1S/C16H24N2O/c1-13(14-5-4-9-17-12-14)18-15-6-10-19-16(11-15)7-2-3-8-16/h4-5,9,12-13,15,18H,2-3,6-8,10-11H2,1H3. The Morgan fingerprint density at radius 1 is 1.42 bits per heavy atom. The number of nitrogens with zero attached hydrogens (tertiary/aromatic N) is 1. The van der Waals surface area contributed by atoms with Crippen molar-refractivity contribution in [1.29, 1.82) is 0 Å². The fourth-order valence-corrected chi connectivity index (χ4v) is 3.62. The van der Waals surface area contributed by atoms with Gasteiger partial charge in [0.2, 0.25) is 0 Å². The fraction of sp³-hybridized carbons (Fsp3) is 0.688. The first-order chi connectivity index (χ1) is 9.27. The van der Waals surface area contributed by atoms with Gasteiger partial charge in [0, 0.05) is 31.1 Å². The molecule has 2 unspecified atom stereocenters. The van der Waals surface area contributed by atoms with E-state index >= 15 is 0 Å². The highest BCUT2D eigenvalue weighted by Crippen LogP contribution is 2.40. The Bertz CT molecular complexity index is 400. The van der Waals surface area contributed by atoms with E-state index in [4.69, 9.17) is 4.74 Å². The van der Waals surface area contributed by atoms with Gasteiger partial charge in [-0.3, -0.25) is 4.98 Å². The van der Waals surface area contributed by atoms with Gasteiger partial charge in [-0.15, -0.1) is 0 Å². The molecule has 0 aromatic carbocycles. The second-order valence-corrected chi connectivity index (χ2v) is 6.10. The van der Waals surface area contributed by atoms with Crippen LogP contribution in [0.15, 0.2) is 24.5 Å². The highest BCUT2D eigenvalue weighted by atomic mass is 16.5. The molecule has 1 aromatic rings. The van der Waals surface area contributed by atoms with Gasteiger partial charge in [0.25, 0.3) is 0 Å². The summed E-state index contributed by atoms with van der Waals surface area (Å²) in [5, 5.41) is 3.77. The molecule has 19 heavy (non-hydrogen) atoms. The zero-order valence-corrected chi connectivity index (χ0v) is 11.8. The van der Waals surface area contributed by atoms with Crippen molar-refractivity contribution < 1.29 is 4.74 Å². The average molecular weight is 260 g/mol. The molecule has 0 radical (unpaired) electrons. The van der Waals surface area contributed by atoms with E-state index in [9.17, 15) is 0 Å². The number of hydrogen-bond donors (Lipinski definition) is 1. The SMILES string of the molecule is CC(NC1CCOC2(CCCC2)C1)c1cccnc1. The number of hydrogen-bond acceptors (Lipinski definition) is 3. The summed E-state index contributed by atoms with van der Waals surface area (Å²) >= 11 is 0. The van der Waals surface area contributed by atoms with E-state index in [0.29, 0.717) is 12.1 Å². The molecular weight excluding hydrogens is 236 g/mol. The Balaban J connectivity index is 1.60. The Morgan fingerprint density at radius 3 is 3.00 bits per heavy atom. The maximum atomic E-state index is 6.09. The number of nitrogens with one attached hydrogen (secondary N) is 1. The molecule has 2 aliphatic rings. The first kappa shape index (κ1) is 13.1. The summed E-state index contributed by atoms with van der Waals surface area (Å²) in [5.74, 6) is 0. The summed E-state index contributed by atoms with van der Waals surface area (Å²) in [7, 11) is 0. The van der Waals surface area contributed by atoms with Crippen molar-refractivity contribution >= 4 is 0 Å². The third-order valence-electron chi connectivity index (χ3n) is 4.68. The van der Waals surface area contributed by atoms with Crippen LogP contribution in [0.5, 0.6) is 0 Å². The largest absolute Gasteiger partial charge is 0.375 e. The molecule has 0 bridgehead atoms. The van der Waals surface area contributed by atoms with E-state index in [2.05, 4.69) is 23.3 Å². The molecule has 2 heterocycles. The molecule has 1 spiro atoms. The zero-order valence-electron chi connectivity index (χ0n) is 11.8. The van der Waals surface area contributed by atoms with E-state index < -0.39 is 0 Å². The topological polar surface area (TPSA) is 34.1 Å². The lowest BCUT2D eigenvalue weighted by Crippen LogP contribution is -2.46. The van der Waals surface area contributed by atoms with Gasteiger partial charge in [-0.1, -0.05) is 18.9 Å². The molecule has 1 aromatic heterocycles. The van der Waals surface area contributed by atoms with Crippen LogP contribution in [-0.4, -0.2) is 23.2 Å². The van der Waals surface area contributed by atoms with E-state index in [0.717, 1.165) is 13.0 Å². The quantitative estimate of drug-likeness (QED) is 0.906. The normalized spacial score (nSPS) is 27.5. The number of aromatic nitrogens is 1. The lowest BCUT2D eigenvalue weighted by Gasteiger charge is -2.39. The minimum absolute atomic E-state index is 0.199. The van der Waals surface area contributed by atoms with Crippen molar-refractivity contribution in [2.24, 2.45) is 0 Å². The maximum Gasteiger partial charge on any atom is 0.0697 e. The minimum atomic E-state index is 0.199. The Hall–Kier alpha value is -0.930. The highest BCUT2D eigenvalue weighted by Gasteiger charge is 2.40. The molecule has 1 N–H and O–H groups in total. The van der Waals surface area contributed by atoms with Crippen molar-refractivity contribution in [2.45, 2.75) is 63.1 Å². The van der Waals surface area contributed by atoms with E-state index in [1.807, 2.05) is 18.5 Å². The van der Waals surface area contributed by atoms with Gasteiger partial charge in [-0.25, -0.2) is 0 Å². The van der Waals surface area contributed by atoms with Crippen molar-refractivity contribution in [2.75, 3.05) is 6.61 Å². The third-order valence-corrected chi connectivity index (χ3v) is 4.68. The van der Waals surface area contributed by atoms with Gasteiger partial charge in [-0.2, -0.15) is 0 Å².